The van der Waals surface area contributed by atoms with Crippen LogP contribution in [0, 0.1) is 0 Å². The van der Waals surface area contributed by atoms with Crippen molar-refractivity contribution in [1.29, 1.82) is 0 Å². The first kappa shape index (κ1) is 11.8. The van der Waals surface area contributed by atoms with Gasteiger partial charge in [-0.2, -0.15) is 0 Å². The molecule has 1 N–H and O–H groups in total. The molecule has 0 heterocycles. The van der Waals surface area contributed by atoms with E-state index in [4.69, 9.17) is 0 Å². The van der Waals surface area contributed by atoms with E-state index in [0.29, 0.717) is 5.75 Å². The number of rotatable bonds is 4. The van der Waals surface area contributed by atoms with Crippen molar-refractivity contribution in [3.05, 3.63) is 28.8 Å². The normalized spacial score (nSPS) is 10.5. The van der Waals surface area contributed by atoms with Gasteiger partial charge in [-0.1, -0.05) is 48.6 Å². The molecule has 78 valence electrons. The number of alkyl halides is 1. The molecule has 0 saturated carbocycles. The average Bonchev–Trinajstić information content (AvgIpc) is 2.20. The molecule has 0 amide bonds. The van der Waals surface area contributed by atoms with Crippen LogP contribution in [0.1, 0.15) is 30.5 Å². The van der Waals surface area contributed by atoms with Crippen molar-refractivity contribution in [1.82, 2.24) is 0 Å². The zero-order chi connectivity index (χ0) is 10.6. The summed E-state index contributed by atoms with van der Waals surface area (Å²) < 4.78 is 1.13. The molecule has 0 aromatic heterocycles. The molecule has 1 nitrogen and oxygen atoms in total. The average molecular weight is 304 g/mol. The highest BCUT2D eigenvalue weighted by Crippen LogP contribution is 2.26. The minimum Gasteiger partial charge on any atom is -0.507 e. The molecule has 0 atom stereocenters. The lowest BCUT2D eigenvalue weighted by molar-refractivity contribution is 0.462. The first-order valence-electron chi connectivity index (χ1n) is 5.12. The lowest BCUT2D eigenvalue weighted by Crippen LogP contribution is -1.94. The van der Waals surface area contributed by atoms with E-state index >= 15 is 0 Å². The summed E-state index contributed by atoms with van der Waals surface area (Å²) in [5.74, 6) is 0.507. The fourth-order valence-corrected chi connectivity index (χ4v) is 2.25. The number of hydrogen-bond acceptors (Lipinski definition) is 1. The summed E-state index contributed by atoms with van der Waals surface area (Å²) in [5, 5.41) is 9.88. The lowest BCUT2D eigenvalue weighted by Gasteiger charge is -2.10. The first-order valence-corrected chi connectivity index (χ1v) is 6.65. The Labute approximate surface area is 99.7 Å². The number of phenols is 1. The van der Waals surface area contributed by atoms with Crippen LogP contribution < -0.4 is 0 Å². The van der Waals surface area contributed by atoms with Crippen molar-refractivity contribution in [2.24, 2.45) is 0 Å². The third-order valence-electron chi connectivity index (χ3n) is 2.47. The van der Waals surface area contributed by atoms with Crippen molar-refractivity contribution >= 4 is 22.6 Å². The number of hydrogen-bond donors (Lipinski definition) is 1. The maximum absolute atomic E-state index is 9.88. The minimum atomic E-state index is 0.507. The highest BCUT2D eigenvalue weighted by atomic mass is 127. The molecule has 0 unspecified atom stereocenters. The van der Waals surface area contributed by atoms with Gasteiger partial charge in [0.2, 0.25) is 0 Å². The maximum Gasteiger partial charge on any atom is 0.121 e. The van der Waals surface area contributed by atoms with E-state index in [9.17, 15) is 5.11 Å². The Bertz CT molecular complexity index is 282. The van der Waals surface area contributed by atoms with E-state index in [1.165, 1.54) is 5.56 Å². The second-order valence-corrected chi connectivity index (χ2v) is 4.49. The largest absolute Gasteiger partial charge is 0.507 e. The molecule has 0 aliphatic heterocycles. The standard InChI is InChI=1S/C12H17IO/c1-3-10-7-9(5-6-13)8-11(4-2)12(10)14/h7-8,14H,3-6H2,1-2H3. The highest BCUT2D eigenvalue weighted by Gasteiger charge is 2.06. The zero-order valence-electron chi connectivity index (χ0n) is 8.81. The Balaban J connectivity index is 3.11. The molecule has 1 aromatic carbocycles. The second-order valence-electron chi connectivity index (χ2n) is 3.41. The molecule has 1 rings (SSSR count). The number of benzene rings is 1. The third-order valence-corrected chi connectivity index (χ3v) is 3.01. The van der Waals surface area contributed by atoms with Gasteiger partial charge in [0.25, 0.3) is 0 Å². The second kappa shape index (κ2) is 5.59. The van der Waals surface area contributed by atoms with Gasteiger partial charge in [0.15, 0.2) is 0 Å². The third kappa shape index (κ3) is 2.62. The van der Waals surface area contributed by atoms with Gasteiger partial charge in [-0.25, -0.2) is 0 Å². The van der Waals surface area contributed by atoms with E-state index in [-0.39, 0.29) is 0 Å². The summed E-state index contributed by atoms with van der Waals surface area (Å²) in [5.41, 5.74) is 3.53. The maximum atomic E-state index is 9.88. The van der Waals surface area contributed by atoms with Crippen LogP contribution in [0.25, 0.3) is 0 Å². The summed E-state index contributed by atoms with van der Waals surface area (Å²) in [7, 11) is 0. The van der Waals surface area contributed by atoms with Crippen LogP contribution in [0.15, 0.2) is 12.1 Å². The molecule has 14 heavy (non-hydrogen) atoms. The van der Waals surface area contributed by atoms with Crippen molar-refractivity contribution in [3.63, 3.8) is 0 Å². The van der Waals surface area contributed by atoms with Gasteiger partial charge in [0.1, 0.15) is 5.75 Å². The predicted octanol–water partition coefficient (Wildman–Crippen LogP) is 3.49. The molecule has 0 aliphatic carbocycles. The fraction of sp³-hybridized carbons (Fsp3) is 0.500. The molecule has 2 heteroatoms. The Kier molecular flexibility index (Phi) is 4.72. The topological polar surface area (TPSA) is 20.2 Å². The Hall–Kier alpha value is -0.250. The highest BCUT2D eigenvalue weighted by molar-refractivity contribution is 14.1. The molecular weight excluding hydrogens is 287 g/mol. The Morgan fingerprint density at radius 1 is 1.14 bits per heavy atom. The van der Waals surface area contributed by atoms with Crippen LogP contribution in [-0.2, 0) is 19.3 Å². The predicted molar refractivity (Wildman–Crippen MR) is 69.5 cm³/mol. The summed E-state index contributed by atoms with van der Waals surface area (Å²) in [4.78, 5) is 0. The Morgan fingerprint density at radius 2 is 1.64 bits per heavy atom. The molecule has 0 saturated heterocycles. The minimum absolute atomic E-state index is 0.507. The van der Waals surface area contributed by atoms with Crippen molar-refractivity contribution in [2.45, 2.75) is 33.1 Å². The van der Waals surface area contributed by atoms with Crippen LogP contribution in [0.3, 0.4) is 0 Å². The quantitative estimate of drug-likeness (QED) is 0.667. The van der Waals surface area contributed by atoms with E-state index < -0.39 is 0 Å². The van der Waals surface area contributed by atoms with E-state index in [1.54, 1.807) is 0 Å². The summed E-state index contributed by atoms with van der Waals surface area (Å²) in [6.07, 6.45) is 2.92. The smallest absolute Gasteiger partial charge is 0.121 e. The number of halogens is 1. The number of aromatic hydroxyl groups is 1. The zero-order valence-corrected chi connectivity index (χ0v) is 11.0. The molecule has 0 aliphatic rings. The van der Waals surface area contributed by atoms with Crippen LogP contribution >= 0.6 is 22.6 Å². The van der Waals surface area contributed by atoms with Gasteiger partial charge in [-0.05, 0) is 36.0 Å². The van der Waals surface area contributed by atoms with Crippen LogP contribution in [0.2, 0.25) is 0 Å². The lowest BCUT2D eigenvalue weighted by atomic mass is 9.99. The van der Waals surface area contributed by atoms with E-state index in [2.05, 4.69) is 48.6 Å². The molecule has 0 fully saturated rings. The summed E-state index contributed by atoms with van der Waals surface area (Å²) >= 11 is 2.38. The van der Waals surface area contributed by atoms with Crippen LogP contribution in [0.5, 0.6) is 5.75 Å². The SMILES string of the molecule is CCc1cc(CCI)cc(CC)c1O. The van der Waals surface area contributed by atoms with Crippen LogP contribution in [0.4, 0.5) is 0 Å². The summed E-state index contributed by atoms with van der Waals surface area (Å²) in [6, 6.07) is 4.26. The van der Waals surface area contributed by atoms with E-state index in [0.717, 1.165) is 34.8 Å². The van der Waals surface area contributed by atoms with Gasteiger partial charge in [0, 0.05) is 4.43 Å². The van der Waals surface area contributed by atoms with Crippen LogP contribution in [-0.4, -0.2) is 9.53 Å². The van der Waals surface area contributed by atoms with Gasteiger partial charge in [-0.3, -0.25) is 0 Å². The van der Waals surface area contributed by atoms with Crippen molar-refractivity contribution < 1.29 is 5.11 Å². The summed E-state index contributed by atoms with van der Waals surface area (Å²) in [6.45, 7) is 4.17. The molecule has 0 radical (unpaired) electrons. The molecule has 1 aromatic rings. The van der Waals surface area contributed by atoms with Crippen molar-refractivity contribution in [3.8, 4) is 5.75 Å². The van der Waals surface area contributed by atoms with Gasteiger partial charge in [0.05, 0.1) is 0 Å². The fourth-order valence-electron chi connectivity index (χ4n) is 1.62. The van der Waals surface area contributed by atoms with Gasteiger partial charge < -0.3 is 5.11 Å². The monoisotopic (exact) mass is 304 g/mol. The number of aryl methyl sites for hydroxylation is 3. The molecule has 0 spiro atoms. The van der Waals surface area contributed by atoms with E-state index in [1.807, 2.05) is 0 Å². The number of phenolic OH excluding ortho intramolecular Hbond substituents is 1. The Morgan fingerprint density at radius 3 is 2.00 bits per heavy atom. The van der Waals surface area contributed by atoms with Gasteiger partial charge >= 0.3 is 0 Å². The van der Waals surface area contributed by atoms with Crippen molar-refractivity contribution in [2.75, 3.05) is 4.43 Å². The molecule has 0 bridgehead atoms. The first-order chi connectivity index (χ1) is 6.72. The van der Waals surface area contributed by atoms with Gasteiger partial charge in [-0.15, -0.1) is 0 Å². The molecular formula is C12H17IO.